The van der Waals surface area contributed by atoms with Crippen LogP contribution in [0.2, 0.25) is 0 Å². The van der Waals surface area contributed by atoms with Crippen molar-refractivity contribution < 1.29 is 13.5 Å². The highest BCUT2D eigenvalue weighted by Gasteiger charge is 2.16. The van der Waals surface area contributed by atoms with Crippen LogP contribution in [0.4, 0.5) is 4.39 Å². The number of methoxy groups -OCH3 is 1. The first kappa shape index (κ1) is 18.4. The fraction of sp³-hybridized carbons (Fsp3) is 0.0909. The summed E-state index contributed by atoms with van der Waals surface area (Å²) in [5.74, 6) is 1.22. The zero-order valence-corrected chi connectivity index (χ0v) is 16.6. The van der Waals surface area contributed by atoms with Crippen molar-refractivity contribution in [3.63, 3.8) is 0 Å². The zero-order chi connectivity index (χ0) is 19.5. The second-order valence-electron chi connectivity index (χ2n) is 6.26. The van der Waals surface area contributed by atoms with E-state index < -0.39 is 0 Å². The highest BCUT2D eigenvalue weighted by Crippen LogP contribution is 2.33. The molecule has 0 unspecified atom stereocenters. The second kappa shape index (κ2) is 7.94. The summed E-state index contributed by atoms with van der Waals surface area (Å²) >= 11 is 3.45. The first-order chi connectivity index (χ1) is 13.6. The Balaban J connectivity index is 1.67. The van der Waals surface area contributed by atoms with Crippen molar-refractivity contribution in [2.45, 2.75) is 6.42 Å². The largest absolute Gasteiger partial charge is 0.496 e. The van der Waals surface area contributed by atoms with Crippen LogP contribution in [0.15, 0.2) is 75.6 Å². The molecule has 0 atom stereocenters. The van der Waals surface area contributed by atoms with Crippen molar-refractivity contribution in [3.8, 4) is 28.7 Å². The van der Waals surface area contributed by atoms with E-state index in [0.717, 1.165) is 26.7 Å². The quantitative estimate of drug-likeness (QED) is 0.388. The molecule has 1 aromatic heterocycles. The number of hydrogen-bond acceptors (Lipinski definition) is 4. The Morgan fingerprint density at radius 1 is 0.929 bits per heavy atom. The molecule has 0 bridgehead atoms. The van der Waals surface area contributed by atoms with E-state index in [1.165, 1.54) is 12.1 Å². The molecule has 0 saturated heterocycles. The summed E-state index contributed by atoms with van der Waals surface area (Å²) in [5, 5.41) is 8.37. The van der Waals surface area contributed by atoms with Crippen molar-refractivity contribution >= 4 is 15.9 Å². The smallest absolute Gasteiger partial charge is 0.251 e. The van der Waals surface area contributed by atoms with Crippen LogP contribution in [0.5, 0.6) is 5.75 Å². The Morgan fingerprint density at radius 3 is 2.43 bits per heavy atom. The molecule has 4 rings (SSSR count). The molecule has 28 heavy (non-hydrogen) atoms. The summed E-state index contributed by atoms with van der Waals surface area (Å²) in [6.45, 7) is 0. The first-order valence-corrected chi connectivity index (χ1v) is 9.43. The summed E-state index contributed by atoms with van der Waals surface area (Å²) in [5.41, 5.74) is 3.59. The van der Waals surface area contributed by atoms with E-state index >= 15 is 0 Å². The molecular formula is C22H16BrFN2O2. The molecule has 0 aliphatic heterocycles. The molecule has 0 N–H and O–H groups in total. The van der Waals surface area contributed by atoms with Crippen molar-refractivity contribution in [1.29, 1.82) is 0 Å². The number of hydrogen-bond donors (Lipinski definition) is 0. The lowest BCUT2D eigenvalue weighted by Crippen LogP contribution is -1.93. The molecule has 0 aliphatic carbocycles. The van der Waals surface area contributed by atoms with Crippen molar-refractivity contribution in [2.24, 2.45) is 0 Å². The average Bonchev–Trinajstić information content (AvgIpc) is 3.20. The van der Waals surface area contributed by atoms with Gasteiger partial charge in [-0.15, -0.1) is 10.2 Å². The van der Waals surface area contributed by atoms with Gasteiger partial charge in [0.15, 0.2) is 0 Å². The van der Waals surface area contributed by atoms with Crippen LogP contribution in [0, 0.1) is 5.82 Å². The lowest BCUT2D eigenvalue weighted by Gasteiger charge is -2.08. The Kier molecular flexibility index (Phi) is 5.21. The van der Waals surface area contributed by atoms with Crippen LogP contribution in [0.3, 0.4) is 0 Å². The van der Waals surface area contributed by atoms with E-state index in [1.54, 1.807) is 19.2 Å². The molecule has 0 spiro atoms. The monoisotopic (exact) mass is 438 g/mol. The lowest BCUT2D eigenvalue weighted by atomic mass is 10.0. The summed E-state index contributed by atoms with van der Waals surface area (Å²) in [4.78, 5) is 0. The maximum Gasteiger partial charge on any atom is 0.251 e. The third kappa shape index (κ3) is 3.97. The first-order valence-electron chi connectivity index (χ1n) is 8.63. The molecule has 140 valence electrons. The van der Waals surface area contributed by atoms with Gasteiger partial charge in [0.05, 0.1) is 12.7 Å². The van der Waals surface area contributed by atoms with E-state index in [-0.39, 0.29) is 5.82 Å². The predicted octanol–water partition coefficient (Wildman–Crippen LogP) is 5.90. The van der Waals surface area contributed by atoms with Crippen molar-refractivity contribution in [2.75, 3.05) is 7.11 Å². The van der Waals surface area contributed by atoms with Gasteiger partial charge in [-0.3, -0.25) is 0 Å². The van der Waals surface area contributed by atoms with Gasteiger partial charge < -0.3 is 9.15 Å². The van der Waals surface area contributed by atoms with Gasteiger partial charge in [0.1, 0.15) is 11.6 Å². The summed E-state index contributed by atoms with van der Waals surface area (Å²) in [7, 11) is 1.60. The van der Waals surface area contributed by atoms with E-state index in [0.29, 0.717) is 24.0 Å². The third-order valence-electron chi connectivity index (χ3n) is 4.31. The summed E-state index contributed by atoms with van der Waals surface area (Å²) < 4.78 is 25.4. The predicted molar refractivity (Wildman–Crippen MR) is 109 cm³/mol. The van der Waals surface area contributed by atoms with Gasteiger partial charge in [-0.1, -0.05) is 40.2 Å². The number of benzene rings is 3. The van der Waals surface area contributed by atoms with Crippen LogP contribution < -0.4 is 4.74 Å². The van der Waals surface area contributed by atoms with Gasteiger partial charge in [-0.2, -0.15) is 0 Å². The van der Waals surface area contributed by atoms with E-state index in [4.69, 9.17) is 9.15 Å². The molecule has 6 heteroatoms. The zero-order valence-electron chi connectivity index (χ0n) is 15.0. The summed E-state index contributed by atoms with van der Waals surface area (Å²) in [6.07, 6.45) is 0.657. The van der Waals surface area contributed by atoms with E-state index in [2.05, 4.69) is 26.1 Å². The topological polar surface area (TPSA) is 48.2 Å². The molecule has 0 aliphatic rings. The standard InChI is InChI=1S/C22H16BrFN2O2/c1-27-20-10-7-15(11-14-5-8-18(24)9-6-14)12-19(20)22-26-25-21(28-22)16-3-2-4-17(23)13-16/h2-10,12-13H,11H2,1H3. The molecule has 0 radical (unpaired) electrons. The third-order valence-corrected chi connectivity index (χ3v) is 4.81. The molecule has 0 amide bonds. The Morgan fingerprint density at radius 2 is 1.68 bits per heavy atom. The fourth-order valence-corrected chi connectivity index (χ4v) is 3.34. The van der Waals surface area contributed by atoms with Gasteiger partial charge in [0, 0.05) is 10.0 Å². The molecule has 3 aromatic carbocycles. The SMILES string of the molecule is COc1ccc(Cc2ccc(F)cc2)cc1-c1nnc(-c2cccc(Br)c2)o1. The number of ether oxygens (including phenoxy) is 1. The number of aromatic nitrogens is 2. The second-order valence-corrected chi connectivity index (χ2v) is 7.18. The minimum atomic E-state index is -0.245. The van der Waals surface area contributed by atoms with Crippen LogP contribution >= 0.6 is 15.9 Å². The number of halogens is 2. The molecule has 4 aromatic rings. The molecule has 1 heterocycles. The Hall–Kier alpha value is -2.99. The van der Waals surface area contributed by atoms with Crippen LogP contribution in [0.25, 0.3) is 22.9 Å². The maximum absolute atomic E-state index is 13.1. The van der Waals surface area contributed by atoms with Gasteiger partial charge in [0.2, 0.25) is 5.89 Å². The van der Waals surface area contributed by atoms with Gasteiger partial charge in [-0.25, -0.2) is 4.39 Å². The lowest BCUT2D eigenvalue weighted by molar-refractivity contribution is 0.414. The highest BCUT2D eigenvalue weighted by atomic mass is 79.9. The van der Waals surface area contributed by atoms with Crippen LogP contribution in [-0.4, -0.2) is 17.3 Å². The number of nitrogens with zero attached hydrogens (tertiary/aromatic N) is 2. The number of rotatable bonds is 5. The maximum atomic E-state index is 13.1. The fourth-order valence-electron chi connectivity index (χ4n) is 2.94. The molecule has 0 fully saturated rings. The van der Waals surface area contributed by atoms with Crippen molar-refractivity contribution in [1.82, 2.24) is 10.2 Å². The van der Waals surface area contributed by atoms with Crippen LogP contribution in [-0.2, 0) is 6.42 Å². The summed E-state index contributed by atoms with van der Waals surface area (Å²) in [6, 6.07) is 19.9. The molecule has 0 saturated carbocycles. The van der Waals surface area contributed by atoms with Gasteiger partial charge >= 0.3 is 0 Å². The normalized spacial score (nSPS) is 10.8. The van der Waals surface area contributed by atoms with Crippen LogP contribution in [0.1, 0.15) is 11.1 Å². The van der Waals surface area contributed by atoms with E-state index in [1.807, 2.05) is 42.5 Å². The van der Waals surface area contributed by atoms with E-state index in [9.17, 15) is 4.39 Å². The highest BCUT2D eigenvalue weighted by molar-refractivity contribution is 9.10. The minimum Gasteiger partial charge on any atom is -0.496 e. The minimum absolute atomic E-state index is 0.245. The Bertz CT molecular complexity index is 1110. The van der Waals surface area contributed by atoms with Crippen molar-refractivity contribution in [3.05, 3.63) is 88.1 Å². The molecule has 4 nitrogen and oxygen atoms in total. The Labute approximate surface area is 170 Å². The molecular weight excluding hydrogens is 423 g/mol. The average molecular weight is 439 g/mol. The van der Waals surface area contributed by atoms with Gasteiger partial charge in [0.25, 0.3) is 5.89 Å². The van der Waals surface area contributed by atoms with Gasteiger partial charge in [-0.05, 0) is 60.0 Å².